The van der Waals surface area contributed by atoms with Crippen molar-refractivity contribution in [2.45, 2.75) is 18.5 Å². The second kappa shape index (κ2) is 7.54. The third kappa shape index (κ3) is 3.25. The number of para-hydroxylation sites is 1. The van der Waals surface area contributed by atoms with Crippen LogP contribution in [0.3, 0.4) is 0 Å². The lowest BCUT2D eigenvalue weighted by Gasteiger charge is -2.31. The number of nitrogens with zero attached hydrogens (tertiary/aromatic N) is 1. The van der Waals surface area contributed by atoms with E-state index in [0.717, 1.165) is 36.8 Å². The van der Waals surface area contributed by atoms with Gasteiger partial charge in [0, 0.05) is 46.1 Å². The number of fused-ring (bicyclic) bond motifs is 3. The van der Waals surface area contributed by atoms with Gasteiger partial charge in [0.25, 0.3) is 0 Å². The molecule has 0 aliphatic carbocycles. The van der Waals surface area contributed by atoms with Crippen molar-refractivity contribution in [3.63, 3.8) is 0 Å². The topological polar surface area (TPSA) is 57.4 Å². The summed E-state index contributed by atoms with van der Waals surface area (Å²) in [5, 5.41) is 4.63. The van der Waals surface area contributed by atoms with E-state index < -0.39 is 6.04 Å². The van der Waals surface area contributed by atoms with Crippen molar-refractivity contribution in [3.8, 4) is 0 Å². The van der Waals surface area contributed by atoms with Gasteiger partial charge in [-0.1, -0.05) is 18.2 Å². The van der Waals surface area contributed by atoms with E-state index in [4.69, 9.17) is 4.74 Å². The molecule has 5 nitrogen and oxygen atoms in total. The maximum atomic E-state index is 12.4. The van der Waals surface area contributed by atoms with Gasteiger partial charge in [-0.2, -0.15) is 0 Å². The Hall–Kier alpha value is -1.83. The number of H-pyrrole nitrogens is 1. The fourth-order valence-electron chi connectivity index (χ4n) is 3.97. The number of anilines is 1. The van der Waals surface area contributed by atoms with Crippen LogP contribution < -0.4 is 10.2 Å². The number of methoxy groups -OCH3 is 1. The van der Waals surface area contributed by atoms with E-state index in [1.165, 1.54) is 12.7 Å². The number of aromatic nitrogens is 1. The van der Waals surface area contributed by atoms with Crippen LogP contribution >= 0.6 is 31.9 Å². The molecule has 3 aromatic rings. The Morgan fingerprint density at radius 2 is 1.86 bits per heavy atom. The third-order valence-corrected chi connectivity index (χ3v) is 6.43. The largest absolute Gasteiger partial charge is 0.468 e. The molecule has 1 aromatic heterocycles. The summed E-state index contributed by atoms with van der Waals surface area (Å²) in [5.74, 6) is -0.246. The van der Waals surface area contributed by atoms with Crippen LogP contribution in [0.5, 0.6) is 0 Å². The van der Waals surface area contributed by atoms with Crippen molar-refractivity contribution >= 4 is 54.4 Å². The minimum atomic E-state index is -0.396. The van der Waals surface area contributed by atoms with E-state index in [1.807, 2.05) is 26.2 Å². The van der Waals surface area contributed by atoms with Gasteiger partial charge in [-0.15, -0.1) is 0 Å². The Balaban J connectivity index is 1.88. The predicted octanol–water partition coefficient (Wildman–Crippen LogP) is 4.54. The molecule has 0 fully saturated rings. The molecule has 0 saturated carbocycles. The van der Waals surface area contributed by atoms with Crippen LogP contribution in [0.1, 0.15) is 22.9 Å². The van der Waals surface area contributed by atoms with Gasteiger partial charge in [-0.25, -0.2) is 0 Å². The molecule has 2 N–H and O–H groups in total. The molecule has 28 heavy (non-hydrogen) atoms. The van der Waals surface area contributed by atoms with Gasteiger partial charge in [0.2, 0.25) is 0 Å². The summed E-state index contributed by atoms with van der Waals surface area (Å²) in [6, 6.07) is 11.9. The van der Waals surface area contributed by atoms with Crippen LogP contribution in [0.4, 0.5) is 5.69 Å². The van der Waals surface area contributed by atoms with Gasteiger partial charge in [0.05, 0.1) is 18.8 Å². The average molecular weight is 507 g/mol. The molecule has 0 saturated heterocycles. The highest BCUT2D eigenvalue weighted by atomic mass is 79.9. The molecule has 146 valence electrons. The first-order valence-electron chi connectivity index (χ1n) is 9.00. The quantitative estimate of drug-likeness (QED) is 0.512. The van der Waals surface area contributed by atoms with Gasteiger partial charge >= 0.3 is 5.97 Å². The van der Waals surface area contributed by atoms with Gasteiger partial charge in [0.15, 0.2) is 0 Å². The Kier molecular flexibility index (Phi) is 5.24. The van der Waals surface area contributed by atoms with Crippen LogP contribution in [0.2, 0.25) is 0 Å². The Morgan fingerprint density at radius 1 is 1.18 bits per heavy atom. The summed E-state index contributed by atoms with van der Waals surface area (Å²) in [6.45, 7) is 0. The summed E-state index contributed by atoms with van der Waals surface area (Å²) in [5.41, 5.74) is 5.47. The monoisotopic (exact) mass is 505 g/mol. The Morgan fingerprint density at radius 3 is 2.50 bits per heavy atom. The number of aromatic amines is 1. The van der Waals surface area contributed by atoms with Crippen molar-refractivity contribution in [2.24, 2.45) is 0 Å². The highest BCUT2D eigenvalue weighted by Crippen LogP contribution is 2.40. The normalized spacial score (nSPS) is 18.8. The number of esters is 1. The summed E-state index contributed by atoms with van der Waals surface area (Å²) >= 11 is 7.39. The van der Waals surface area contributed by atoms with Crippen molar-refractivity contribution in [1.29, 1.82) is 0 Å². The first-order chi connectivity index (χ1) is 13.4. The number of benzene rings is 2. The highest BCUT2D eigenvalue weighted by molar-refractivity contribution is 9.11. The zero-order chi connectivity index (χ0) is 20.0. The third-order valence-electron chi connectivity index (χ3n) is 5.22. The number of hydrogen-bond acceptors (Lipinski definition) is 4. The molecule has 0 spiro atoms. The molecule has 7 heteroatoms. The molecule has 1 aliphatic heterocycles. The molecule has 2 aromatic carbocycles. The average Bonchev–Trinajstić information content (AvgIpc) is 3.04. The number of ether oxygens (including phenoxy) is 1. The smallest absolute Gasteiger partial charge is 0.323 e. The molecule has 2 unspecified atom stereocenters. The summed E-state index contributed by atoms with van der Waals surface area (Å²) in [6.07, 6.45) is 0.598. The molecule has 2 heterocycles. The molecule has 0 bridgehead atoms. The maximum absolute atomic E-state index is 12.4. The molecule has 0 radical (unpaired) electrons. The maximum Gasteiger partial charge on any atom is 0.323 e. The van der Waals surface area contributed by atoms with Gasteiger partial charge in [0.1, 0.15) is 6.04 Å². The van der Waals surface area contributed by atoms with Crippen LogP contribution in [-0.2, 0) is 16.0 Å². The lowest BCUT2D eigenvalue weighted by molar-refractivity contribution is -0.143. The van der Waals surface area contributed by atoms with Crippen molar-refractivity contribution in [1.82, 2.24) is 10.3 Å². The number of carbonyl (C=O) groups is 1. The fraction of sp³-hybridized carbons (Fsp3) is 0.286. The van der Waals surface area contributed by atoms with E-state index in [0.29, 0.717) is 6.42 Å². The van der Waals surface area contributed by atoms with E-state index in [2.05, 4.69) is 71.3 Å². The molecular weight excluding hydrogens is 486 g/mol. The molecule has 0 amide bonds. The summed E-state index contributed by atoms with van der Waals surface area (Å²) in [4.78, 5) is 18.0. The first-order valence-corrected chi connectivity index (χ1v) is 10.6. The van der Waals surface area contributed by atoms with E-state index in [1.54, 1.807) is 0 Å². The Bertz CT molecular complexity index is 1040. The number of halogens is 2. The first kappa shape index (κ1) is 19.5. The zero-order valence-corrected chi connectivity index (χ0v) is 19.0. The van der Waals surface area contributed by atoms with E-state index in [9.17, 15) is 4.79 Å². The highest BCUT2D eigenvalue weighted by Gasteiger charge is 2.35. The van der Waals surface area contributed by atoms with Crippen molar-refractivity contribution in [3.05, 3.63) is 62.2 Å². The van der Waals surface area contributed by atoms with Gasteiger partial charge < -0.3 is 14.6 Å². The van der Waals surface area contributed by atoms with Crippen LogP contribution in [0.25, 0.3) is 10.9 Å². The van der Waals surface area contributed by atoms with Crippen molar-refractivity contribution in [2.75, 3.05) is 26.1 Å². The minimum Gasteiger partial charge on any atom is -0.468 e. The van der Waals surface area contributed by atoms with Crippen LogP contribution in [0, 0.1) is 0 Å². The molecule has 2 atom stereocenters. The summed E-state index contributed by atoms with van der Waals surface area (Å²) in [7, 11) is 5.45. The SMILES string of the molecule is COC(=O)C1Cc2c([nH]c3ccccc23)C(c2cc(Br)c(N(C)C)c(Br)c2)N1. The van der Waals surface area contributed by atoms with Crippen LogP contribution in [-0.4, -0.2) is 38.2 Å². The number of hydrogen-bond donors (Lipinski definition) is 2. The molecule has 4 rings (SSSR count). The van der Waals surface area contributed by atoms with E-state index >= 15 is 0 Å². The van der Waals surface area contributed by atoms with Gasteiger partial charge in [-0.05, 0) is 61.2 Å². The van der Waals surface area contributed by atoms with E-state index in [-0.39, 0.29) is 12.0 Å². The lowest BCUT2D eigenvalue weighted by atomic mass is 9.90. The van der Waals surface area contributed by atoms with Crippen LogP contribution in [0.15, 0.2) is 45.3 Å². The molecule has 1 aliphatic rings. The number of carbonyl (C=O) groups excluding carboxylic acids is 1. The number of rotatable bonds is 3. The summed E-state index contributed by atoms with van der Waals surface area (Å²) < 4.78 is 7.01. The van der Waals surface area contributed by atoms with Crippen molar-refractivity contribution < 1.29 is 9.53 Å². The minimum absolute atomic E-state index is 0.149. The molecular formula is C21H21Br2N3O2. The zero-order valence-electron chi connectivity index (χ0n) is 15.8. The second-order valence-electron chi connectivity index (χ2n) is 7.17. The predicted molar refractivity (Wildman–Crippen MR) is 119 cm³/mol. The second-order valence-corrected chi connectivity index (χ2v) is 8.88. The fourth-order valence-corrected chi connectivity index (χ4v) is 5.90. The number of nitrogens with one attached hydrogen (secondary N) is 2. The van der Waals surface area contributed by atoms with Gasteiger partial charge in [-0.3, -0.25) is 10.1 Å². The standard InChI is InChI=1S/C21H21Br2N3O2/c1-26(2)20-14(22)8-11(9-15(20)23)18-19-13(10-17(25-18)21(27)28-3)12-6-4-5-7-16(12)24-19/h4-9,17-18,24-25H,10H2,1-3H3. The Labute approximate surface area is 180 Å². The lowest BCUT2D eigenvalue weighted by Crippen LogP contribution is -2.45.